The summed E-state index contributed by atoms with van der Waals surface area (Å²) in [6.45, 7) is 3.57. The quantitative estimate of drug-likeness (QED) is 0.513. The Bertz CT molecular complexity index is 1090. The minimum atomic E-state index is 0.493. The van der Waals surface area contributed by atoms with Crippen molar-refractivity contribution in [2.24, 2.45) is 0 Å². The van der Waals surface area contributed by atoms with Gasteiger partial charge in [0.05, 0.1) is 0 Å². The molecule has 0 fully saturated rings. The van der Waals surface area contributed by atoms with Crippen LogP contribution in [0.25, 0.3) is 16.8 Å². The molecule has 0 aliphatic carbocycles. The lowest BCUT2D eigenvalue weighted by atomic mass is 10.0. The topological polar surface area (TPSA) is 31.5 Å². The highest BCUT2D eigenvalue weighted by Gasteiger charge is 2.22. The SMILES string of the molecule is Cc1ccccc1OCc1nn2cc(-c3ccccc3)c3c2n1CCCC3. The van der Waals surface area contributed by atoms with E-state index in [4.69, 9.17) is 9.84 Å². The number of nitrogens with zero attached hydrogens (tertiary/aromatic N) is 3. The van der Waals surface area contributed by atoms with Crippen LogP contribution in [0.2, 0.25) is 0 Å². The predicted molar refractivity (Wildman–Crippen MR) is 107 cm³/mol. The number of hydrogen-bond acceptors (Lipinski definition) is 2. The molecule has 136 valence electrons. The van der Waals surface area contributed by atoms with Gasteiger partial charge in [-0.25, -0.2) is 4.52 Å². The number of para-hydroxylation sites is 1. The van der Waals surface area contributed by atoms with Crippen LogP contribution < -0.4 is 4.74 Å². The van der Waals surface area contributed by atoms with Gasteiger partial charge in [0.2, 0.25) is 0 Å². The zero-order chi connectivity index (χ0) is 18.2. The van der Waals surface area contributed by atoms with E-state index < -0.39 is 0 Å². The van der Waals surface area contributed by atoms with Gasteiger partial charge in [-0.15, -0.1) is 5.10 Å². The highest BCUT2D eigenvalue weighted by molar-refractivity contribution is 5.75. The second kappa shape index (κ2) is 6.62. The third-order valence-corrected chi connectivity index (χ3v) is 5.45. The molecule has 3 heterocycles. The van der Waals surface area contributed by atoms with E-state index in [9.17, 15) is 0 Å². The third kappa shape index (κ3) is 2.81. The van der Waals surface area contributed by atoms with Crippen molar-refractivity contribution < 1.29 is 4.74 Å². The zero-order valence-corrected chi connectivity index (χ0v) is 15.6. The molecule has 1 aliphatic heterocycles. The second-order valence-electron chi connectivity index (χ2n) is 7.23. The Hall–Kier alpha value is -3.01. The van der Waals surface area contributed by atoms with Crippen LogP contribution >= 0.6 is 0 Å². The minimum Gasteiger partial charge on any atom is -0.485 e. The minimum absolute atomic E-state index is 0.493. The normalized spacial score (nSPS) is 13.7. The Balaban J connectivity index is 1.55. The summed E-state index contributed by atoms with van der Waals surface area (Å²) in [6.07, 6.45) is 5.66. The average molecular weight is 357 g/mol. The van der Waals surface area contributed by atoms with Crippen LogP contribution in [-0.2, 0) is 19.6 Å². The van der Waals surface area contributed by atoms with Gasteiger partial charge < -0.3 is 9.30 Å². The van der Waals surface area contributed by atoms with Crippen molar-refractivity contribution in [3.63, 3.8) is 0 Å². The number of ether oxygens (including phenoxy) is 1. The standard InChI is InChI=1S/C23H23N3O/c1-17-9-5-6-13-21(17)27-16-22-24-26-15-20(18-10-3-2-4-11-18)19-12-7-8-14-25(22)23(19)26/h2-6,9-11,13,15H,7-8,12,14,16H2,1H3. The highest BCUT2D eigenvalue weighted by atomic mass is 16.5. The molecule has 27 heavy (non-hydrogen) atoms. The van der Waals surface area contributed by atoms with Gasteiger partial charge in [-0.2, -0.15) is 0 Å². The Morgan fingerprint density at radius 3 is 2.67 bits per heavy atom. The van der Waals surface area contributed by atoms with Crippen LogP contribution in [0, 0.1) is 6.92 Å². The van der Waals surface area contributed by atoms with E-state index in [1.165, 1.54) is 35.2 Å². The summed E-state index contributed by atoms with van der Waals surface area (Å²) in [5.41, 5.74) is 6.37. The molecule has 0 atom stereocenters. The summed E-state index contributed by atoms with van der Waals surface area (Å²) in [5, 5.41) is 4.87. The molecule has 0 N–H and O–H groups in total. The number of benzene rings is 2. The summed E-state index contributed by atoms with van der Waals surface area (Å²) in [6, 6.07) is 18.8. The van der Waals surface area contributed by atoms with Crippen molar-refractivity contribution in [3.05, 3.63) is 77.7 Å². The molecule has 2 aromatic heterocycles. The smallest absolute Gasteiger partial charge is 0.169 e. The number of hydrogen-bond donors (Lipinski definition) is 0. The molecule has 4 aromatic rings. The van der Waals surface area contributed by atoms with Gasteiger partial charge in [0, 0.05) is 23.9 Å². The molecule has 0 spiro atoms. The fraction of sp³-hybridized carbons (Fsp3) is 0.261. The van der Waals surface area contributed by atoms with E-state index in [0.717, 1.165) is 30.1 Å². The first kappa shape index (κ1) is 16.2. The van der Waals surface area contributed by atoms with Crippen LogP contribution in [0.4, 0.5) is 0 Å². The lowest BCUT2D eigenvalue weighted by molar-refractivity contribution is 0.286. The molecule has 0 unspecified atom stereocenters. The largest absolute Gasteiger partial charge is 0.485 e. The van der Waals surface area contributed by atoms with Crippen LogP contribution in [0.3, 0.4) is 0 Å². The molecule has 0 saturated carbocycles. The summed E-state index contributed by atoms with van der Waals surface area (Å²) in [5.74, 6) is 1.92. The fourth-order valence-electron chi connectivity index (χ4n) is 4.07. The van der Waals surface area contributed by atoms with Crippen molar-refractivity contribution in [2.75, 3.05) is 0 Å². The Morgan fingerprint density at radius 1 is 1.00 bits per heavy atom. The van der Waals surface area contributed by atoms with Crippen molar-refractivity contribution in [1.29, 1.82) is 0 Å². The Labute approximate surface area is 159 Å². The molecule has 4 heteroatoms. The van der Waals surface area contributed by atoms with Crippen molar-refractivity contribution in [3.8, 4) is 16.9 Å². The number of aryl methyl sites for hydroxylation is 3. The van der Waals surface area contributed by atoms with Crippen LogP contribution in [-0.4, -0.2) is 14.2 Å². The van der Waals surface area contributed by atoms with Gasteiger partial charge in [-0.1, -0.05) is 48.5 Å². The van der Waals surface area contributed by atoms with E-state index >= 15 is 0 Å². The molecule has 0 amide bonds. The van der Waals surface area contributed by atoms with Gasteiger partial charge in [-0.05, 0) is 43.4 Å². The van der Waals surface area contributed by atoms with E-state index in [1.807, 2.05) is 18.2 Å². The molecule has 5 rings (SSSR count). The van der Waals surface area contributed by atoms with Crippen molar-refractivity contribution in [2.45, 2.75) is 39.3 Å². The van der Waals surface area contributed by atoms with Crippen LogP contribution in [0.1, 0.15) is 29.8 Å². The van der Waals surface area contributed by atoms with Crippen molar-refractivity contribution in [1.82, 2.24) is 14.2 Å². The highest BCUT2D eigenvalue weighted by Crippen LogP contribution is 2.33. The van der Waals surface area contributed by atoms with E-state index in [2.05, 4.69) is 58.6 Å². The maximum Gasteiger partial charge on any atom is 0.169 e. The van der Waals surface area contributed by atoms with Crippen LogP contribution in [0.5, 0.6) is 5.75 Å². The average Bonchev–Trinajstić information content (AvgIpc) is 3.12. The van der Waals surface area contributed by atoms with Gasteiger partial charge in [0.25, 0.3) is 0 Å². The summed E-state index contributed by atoms with van der Waals surface area (Å²) in [4.78, 5) is 0. The molecule has 4 nitrogen and oxygen atoms in total. The summed E-state index contributed by atoms with van der Waals surface area (Å²) >= 11 is 0. The molecule has 0 radical (unpaired) electrons. The third-order valence-electron chi connectivity index (χ3n) is 5.45. The first-order valence-corrected chi connectivity index (χ1v) is 9.65. The fourth-order valence-corrected chi connectivity index (χ4v) is 4.07. The monoisotopic (exact) mass is 357 g/mol. The lowest BCUT2D eigenvalue weighted by Crippen LogP contribution is -2.07. The zero-order valence-electron chi connectivity index (χ0n) is 15.6. The van der Waals surface area contributed by atoms with E-state index in [-0.39, 0.29) is 0 Å². The number of aromatic nitrogens is 3. The van der Waals surface area contributed by atoms with Crippen LogP contribution in [0.15, 0.2) is 60.8 Å². The first-order valence-electron chi connectivity index (χ1n) is 9.65. The molecular weight excluding hydrogens is 334 g/mol. The Kier molecular flexibility index (Phi) is 3.97. The Morgan fingerprint density at radius 2 is 1.81 bits per heavy atom. The summed E-state index contributed by atoms with van der Waals surface area (Å²) in [7, 11) is 0. The van der Waals surface area contributed by atoms with E-state index in [0.29, 0.717) is 6.61 Å². The molecule has 2 aromatic carbocycles. The van der Waals surface area contributed by atoms with E-state index in [1.54, 1.807) is 0 Å². The first-order chi connectivity index (χ1) is 13.3. The summed E-state index contributed by atoms with van der Waals surface area (Å²) < 4.78 is 10.5. The molecule has 0 bridgehead atoms. The molecular formula is C23H23N3O. The number of rotatable bonds is 4. The van der Waals surface area contributed by atoms with Gasteiger partial charge >= 0.3 is 0 Å². The maximum atomic E-state index is 6.09. The maximum absolute atomic E-state index is 6.09. The van der Waals surface area contributed by atoms with Gasteiger partial charge in [-0.3, -0.25) is 0 Å². The molecule has 0 saturated heterocycles. The molecule has 1 aliphatic rings. The predicted octanol–water partition coefficient (Wildman–Crippen LogP) is 5.03. The van der Waals surface area contributed by atoms with Crippen molar-refractivity contribution >= 4 is 5.65 Å². The second-order valence-corrected chi connectivity index (χ2v) is 7.23. The van der Waals surface area contributed by atoms with Gasteiger partial charge in [0.1, 0.15) is 18.0 Å². The van der Waals surface area contributed by atoms with Gasteiger partial charge in [0.15, 0.2) is 5.82 Å². The lowest BCUT2D eigenvalue weighted by Gasteiger charge is -2.10.